The molecule has 5 nitrogen and oxygen atoms in total. The number of hydrogen-bond acceptors (Lipinski definition) is 3. The van der Waals surface area contributed by atoms with Gasteiger partial charge in [-0.15, -0.1) is 0 Å². The fourth-order valence-corrected chi connectivity index (χ4v) is 2.41. The topological polar surface area (TPSA) is 52.0 Å². The van der Waals surface area contributed by atoms with E-state index >= 15 is 0 Å². The number of rotatable bonds is 9. The molecule has 2 aromatic carbocycles. The summed E-state index contributed by atoms with van der Waals surface area (Å²) in [4.78, 5) is 13.1. The summed E-state index contributed by atoms with van der Waals surface area (Å²) in [5, 5.41) is 3.61. The minimum absolute atomic E-state index is 0.00631. The van der Waals surface area contributed by atoms with Crippen LogP contribution in [-0.4, -0.2) is 39.8 Å². The van der Waals surface area contributed by atoms with Crippen LogP contribution in [0.25, 0.3) is 0 Å². The van der Waals surface area contributed by atoms with E-state index in [0.717, 1.165) is 28.5 Å². The Morgan fingerprint density at radius 3 is 2.64 bits per heavy atom. The number of nitrogens with one attached hydrogen (secondary N) is 2. The molecule has 134 valence electrons. The Labute approximate surface area is 153 Å². The predicted molar refractivity (Wildman–Crippen MR) is 98.4 cm³/mol. The summed E-state index contributed by atoms with van der Waals surface area (Å²) in [5.74, 6) is 1.57. The molecule has 0 aliphatic carbocycles. The molecule has 1 unspecified atom stereocenters. The van der Waals surface area contributed by atoms with Gasteiger partial charge in [-0.05, 0) is 42.0 Å². The Morgan fingerprint density at radius 2 is 1.92 bits per heavy atom. The van der Waals surface area contributed by atoms with Gasteiger partial charge in [-0.1, -0.05) is 23.7 Å². The Kier molecular flexibility index (Phi) is 7.57. The van der Waals surface area contributed by atoms with Crippen molar-refractivity contribution < 1.29 is 19.2 Å². The maximum Gasteiger partial charge on any atom is 0.275 e. The van der Waals surface area contributed by atoms with Crippen LogP contribution in [0, 0.1) is 0 Å². The number of carbonyl (C=O) groups excluding carboxylic acids is 1. The highest BCUT2D eigenvalue weighted by atomic mass is 35.5. The molecule has 0 radical (unpaired) electrons. The second-order valence-electron chi connectivity index (χ2n) is 5.81. The van der Waals surface area contributed by atoms with Gasteiger partial charge in [-0.3, -0.25) is 4.79 Å². The highest BCUT2D eigenvalue weighted by Crippen LogP contribution is 2.15. The largest absolute Gasteiger partial charge is 0.497 e. The fourth-order valence-electron chi connectivity index (χ4n) is 2.28. The van der Waals surface area contributed by atoms with Gasteiger partial charge in [0.15, 0.2) is 6.54 Å². The van der Waals surface area contributed by atoms with Gasteiger partial charge in [-0.25, -0.2) is 0 Å². The lowest BCUT2D eigenvalue weighted by Gasteiger charge is -2.14. The average Bonchev–Trinajstić information content (AvgIpc) is 2.62. The van der Waals surface area contributed by atoms with Crippen molar-refractivity contribution in [3.05, 3.63) is 59.1 Å². The van der Waals surface area contributed by atoms with E-state index in [1.165, 1.54) is 0 Å². The van der Waals surface area contributed by atoms with Gasteiger partial charge in [0.05, 0.1) is 14.2 Å². The number of carbonyl (C=O) groups is 1. The Bertz CT molecular complexity index is 677. The lowest BCUT2D eigenvalue weighted by atomic mass is 10.2. The summed E-state index contributed by atoms with van der Waals surface area (Å²) in [7, 11) is 3.60. The number of halogens is 1. The van der Waals surface area contributed by atoms with E-state index in [-0.39, 0.29) is 5.91 Å². The van der Waals surface area contributed by atoms with Gasteiger partial charge in [0.25, 0.3) is 5.91 Å². The van der Waals surface area contributed by atoms with Crippen molar-refractivity contribution in [2.45, 2.75) is 6.54 Å². The Balaban J connectivity index is 1.66. The number of quaternary nitrogens is 1. The van der Waals surface area contributed by atoms with Crippen molar-refractivity contribution in [2.24, 2.45) is 0 Å². The van der Waals surface area contributed by atoms with Gasteiger partial charge in [0.1, 0.15) is 24.7 Å². The van der Waals surface area contributed by atoms with Crippen molar-refractivity contribution in [3.8, 4) is 11.5 Å². The average molecular weight is 364 g/mol. The molecule has 0 fully saturated rings. The summed E-state index contributed by atoms with van der Waals surface area (Å²) >= 11 is 5.83. The van der Waals surface area contributed by atoms with Crippen LogP contribution in [-0.2, 0) is 11.3 Å². The number of benzene rings is 2. The van der Waals surface area contributed by atoms with Crippen LogP contribution in [0.3, 0.4) is 0 Å². The second kappa shape index (κ2) is 9.91. The number of ether oxygens (including phenoxy) is 2. The predicted octanol–water partition coefficient (Wildman–Crippen LogP) is 1.56. The highest BCUT2D eigenvalue weighted by Gasteiger charge is 2.10. The first-order valence-corrected chi connectivity index (χ1v) is 8.54. The lowest BCUT2D eigenvalue weighted by Crippen LogP contribution is -3.10. The van der Waals surface area contributed by atoms with Crippen molar-refractivity contribution in [3.63, 3.8) is 0 Å². The van der Waals surface area contributed by atoms with Crippen molar-refractivity contribution >= 4 is 17.5 Å². The molecule has 0 aliphatic heterocycles. The zero-order chi connectivity index (χ0) is 18.1. The number of likely N-dealkylation sites (N-methyl/N-ethyl adjacent to an activating group) is 1. The molecule has 0 aromatic heterocycles. The van der Waals surface area contributed by atoms with E-state index in [0.29, 0.717) is 24.7 Å². The van der Waals surface area contributed by atoms with Gasteiger partial charge < -0.3 is 19.7 Å². The van der Waals surface area contributed by atoms with Crippen LogP contribution in [0.5, 0.6) is 11.5 Å². The highest BCUT2D eigenvalue weighted by molar-refractivity contribution is 6.30. The van der Waals surface area contributed by atoms with Crippen LogP contribution >= 0.6 is 11.6 Å². The summed E-state index contributed by atoms with van der Waals surface area (Å²) in [5.41, 5.74) is 1.01. The van der Waals surface area contributed by atoms with Crippen molar-refractivity contribution in [1.29, 1.82) is 0 Å². The molecule has 25 heavy (non-hydrogen) atoms. The van der Waals surface area contributed by atoms with Crippen LogP contribution < -0.4 is 19.7 Å². The van der Waals surface area contributed by atoms with Gasteiger partial charge in [0.2, 0.25) is 0 Å². The first-order valence-electron chi connectivity index (χ1n) is 8.16. The van der Waals surface area contributed by atoms with Gasteiger partial charge in [0, 0.05) is 11.6 Å². The number of hydrogen-bond donors (Lipinski definition) is 2. The van der Waals surface area contributed by atoms with Crippen LogP contribution in [0.2, 0.25) is 5.02 Å². The van der Waals surface area contributed by atoms with E-state index in [1.807, 2.05) is 43.4 Å². The number of methoxy groups -OCH3 is 1. The lowest BCUT2D eigenvalue weighted by molar-refractivity contribution is -0.871. The van der Waals surface area contributed by atoms with E-state index in [2.05, 4.69) is 5.32 Å². The van der Waals surface area contributed by atoms with E-state index < -0.39 is 0 Å². The third-order valence-electron chi connectivity index (χ3n) is 3.70. The quantitative estimate of drug-likeness (QED) is 0.711. The first kappa shape index (κ1) is 19.1. The van der Waals surface area contributed by atoms with Crippen LogP contribution in [0.1, 0.15) is 5.56 Å². The maximum atomic E-state index is 12.0. The van der Waals surface area contributed by atoms with Crippen LogP contribution in [0.4, 0.5) is 0 Å². The SMILES string of the molecule is COc1cccc(CNC(=O)C[NH+](C)CCOc2ccc(Cl)cc2)c1. The maximum absolute atomic E-state index is 12.0. The molecule has 0 aliphatic rings. The molecule has 0 heterocycles. The molecule has 1 amide bonds. The number of amides is 1. The van der Waals surface area contributed by atoms with Gasteiger partial charge in [-0.2, -0.15) is 0 Å². The molecule has 1 atom stereocenters. The third kappa shape index (κ3) is 7.03. The molecule has 6 heteroatoms. The van der Waals surface area contributed by atoms with Crippen LogP contribution in [0.15, 0.2) is 48.5 Å². The summed E-state index contributed by atoms with van der Waals surface area (Å²) in [6, 6.07) is 14.9. The van der Waals surface area contributed by atoms with E-state index in [4.69, 9.17) is 21.1 Å². The van der Waals surface area contributed by atoms with E-state index in [1.54, 1.807) is 19.2 Å². The minimum Gasteiger partial charge on any atom is -0.497 e. The molecule has 2 rings (SSSR count). The minimum atomic E-state index is 0.00631. The first-order chi connectivity index (χ1) is 12.1. The zero-order valence-electron chi connectivity index (χ0n) is 14.5. The molecular formula is C19H24ClN2O3+. The molecule has 0 spiro atoms. The summed E-state index contributed by atoms with van der Waals surface area (Å²) < 4.78 is 10.8. The standard InChI is InChI=1S/C19H23ClN2O3/c1-22(10-11-25-17-8-6-16(20)7-9-17)14-19(23)21-13-15-4-3-5-18(12-15)24-2/h3-9,12H,10-11,13-14H2,1-2H3,(H,21,23)/p+1. The molecule has 0 saturated carbocycles. The summed E-state index contributed by atoms with van der Waals surface area (Å²) in [6.45, 7) is 2.16. The van der Waals surface area contributed by atoms with Gasteiger partial charge >= 0.3 is 0 Å². The summed E-state index contributed by atoms with van der Waals surface area (Å²) in [6.07, 6.45) is 0. The molecule has 0 bridgehead atoms. The van der Waals surface area contributed by atoms with E-state index in [9.17, 15) is 4.79 Å². The molecule has 0 saturated heterocycles. The monoisotopic (exact) mass is 363 g/mol. The van der Waals surface area contributed by atoms with Crippen molar-refractivity contribution in [1.82, 2.24) is 5.32 Å². The smallest absolute Gasteiger partial charge is 0.275 e. The zero-order valence-corrected chi connectivity index (χ0v) is 15.3. The third-order valence-corrected chi connectivity index (χ3v) is 3.95. The molecule has 2 aromatic rings. The molecule has 2 N–H and O–H groups in total. The molecular weight excluding hydrogens is 340 g/mol. The fraction of sp³-hybridized carbons (Fsp3) is 0.316. The van der Waals surface area contributed by atoms with Crippen molar-refractivity contribution in [2.75, 3.05) is 33.9 Å². The Hall–Kier alpha value is -2.24. The normalized spacial score (nSPS) is 11.6. The Morgan fingerprint density at radius 1 is 1.16 bits per heavy atom. The second-order valence-corrected chi connectivity index (χ2v) is 6.25.